The van der Waals surface area contributed by atoms with E-state index >= 15 is 0 Å². The first-order valence-corrected chi connectivity index (χ1v) is 11.8. The first kappa shape index (κ1) is 20.4. The number of aromatic nitrogens is 4. The molecule has 1 saturated heterocycles. The van der Waals surface area contributed by atoms with E-state index in [9.17, 15) is 0 Å². The highest BCUT2D eigenvalue weighted by molar-refractivity contribution is 5.83. The number of likely N-dealkylation sites (tertiary alicyclic amines) is 1. The first-order valence-electron chi connectivity index (χ1n) is 11.8. The van der Waals surface area contributed by atoms with Crippen molar-refractivity contribution in [3.8, 4) is 11.4 Å². The number of anilines is 1. The Hall–Kier alpha value is -2.47. The quantitative estimate of drug-likeness (QED) is 0.526. The SMILES string of the molecule is Cc1ccc2[nH]c(-c3cnc(NCCCC4CCN(C)CC4)nc3C3CC3)nc2c1C. The average Bonchev–Trinajstić information content (AvgIpc) is 3.54. The summed E-state index contributed by atoms with van der Waals surface area (Å²) in [4.78, 5) is 20.4. The van der Waals surface area contributed by atoms with Crippen LogP contribution in [0.1, 0.15) is 61.3 Å². The summed E-state index contributed by atoms with van der Waals surface area (Å²) in [6.45, 7) is 7.70. The van der Waals surface area contributed by atoms with Crippen molar-refractivity contribution in [1.29, 1.82) is 0 Å². The lowest BCUT2D eigenvalue weighted by Gasteiger charge is -2.28. The Labute approximate surface area is 184 Å². The van der Waals surface area contributed by atoms with Crippen LogP contribution in [-0.4, -0.2) is 51.5 Å². The summed E-state index contributed by atoms with van der Waals surface area (Å²) in [5, 5.41) is 3.47. The van der Waals surface area contributed by atoms with E-state index in [4.69, 9.17) is 9.97 Å². The molecule has 0 bridgehead atoms. The van der Waals surface area contributed by atoms with Crippen LogP contribution in [0.15, 0.2) is 18.3 Å². The molecular weight excluding hydrogens is 384 g/mol. The van der Waals surface area contributed by atoms with Gasteiger partial charge in [-0.1, -0.05) is 6.07 Å². The van der Waals surface area contributed by atoms with Crippen LogP contribution in [0.2, 0.25) is 0 Å². The van der Waals surface area contributed by atoms with E-state index in [2.05, 4.69) is 53.2 Å². The molecule has 0 unspecified atom stereocenters. The number of hydrogen-bond donors (Lipinski definition) is 2. The molecule has 6 heteroatoms. The largest absolute Gasteiger partial charge is 0.354 e. The van der Waals surface area contributed by atoms with Crippen molar-refractivity contribution in [2.45, 2.75) is 58.3 Å². The van der Waals surface area contributed by atoms with Crippen molar-refractivity contribution in [3.63, 3.8) is 0 Å². The second-order valence-corrected chi connectivity index (χ2v) is 9.57. The van der Waals surface area contributed by atoms with Crippen LogP contribution < -0.4 is 5.32 Å². The second kappa shape index (κ2) is 8.58. The Morgan fingerprint density at radius 2 is 1.90 bits per heavy atom. The van der Waals surface area contributed by atoms with E-state index < -0.39 is 0 Å². The number of rotatable bonds is 7. The predicted molar refractivity (Wildman–Crippen MR) is 127 cm³/mol. The van der Waals surface area contributed by atoms with Gasteiger partial charge in [0.25, 0.3) is 0 Å². The number of hydrogen-bond acceptors (Lipinski definition) is 5. The van der Waals surface area contributed by atoms with Gasteiger partial charge in [0.05, 0.1) is 22.3 Å². The third kappa shape index (κ3) is 4.45. The zero-order chi connectivity index (χ0) is 21.4. The molecule has 2 fully saturated rings. The van der Waals surface area contributed by atoms with Crippen LogP contribution in [0.5, 0.6) is 0 Å². The van der Waals surface area contributed by atoms with Crippen molar-refractivity contribution in [2.24, 2.45) is 5.92 Å². The van der Waals surface area contributed by atoms with Crippen molar-refractivity contribution in [1.82, 2.24) is 24.8 Å². The summed E-state index contributed by atoms with van der Waals surface area (Å²) in [6.07, 6.45) is 9.52. The van der Waals surface area contributed by atoms with Gasteiger partial charge in [0.1, 0.15) is 5.82 Å². The van der Waals surface area contributed by atoms with Gasteiger partial charge in [0.15, 0.2) is 0 Å². The Bertz CT molecular complexity index is 1060. The number of imidazole rings is 1. The molecule has 0 spiro atoms. The predicted octanol–water partition coefficient (Wildman–Crippen LogP) is 5.05. The molecule has 0 atom stereocenters. The summed E-state index contributed by atoms with van der Waals surface area (Å²) >= 11 is 0. The Morgan fingerprint density at radius 3 is 2.68 bits per heavy atom. The molecule has 3 aromatic rings. The summed E-state index contributed by atoms with van der Waals surface area (Å²) in [5.41, 5.74) is 6.82. The normalized spacial score (nSPS) is 18.0. The van der Waals surface area contributed by atoms with E-state index in [0.717, 1.165) is 46.5 Å². The molecule has 5 rings (SSSR count). The van der Waals surface area contributed by atoms with Crippen LogP contribution in [0.3, 0.4) is 0 Å². The number of aryl methyl sites for hydroxylation is 2. The van der Waals surface area contributed by atoms with Crippen LogP contribution in [0.4, 0.5) is 5.95 Å². The maximum Gasteiger partial charge on any atom is 0.222 e. The monoisotopic (exact) mass is 418 g/mol. The Balaban J connectivity index is 1.28. The van der Waals surface area contributed by atoms with E-state index in [0.29, 0.717) is 5.92 Å². The molecule has 1 aliphatic heterocycles. The third-order valence-electron chi connectivity index (χ3n) is 7.13. The molecular formula is C25H34N6. The van der Waals surface area contributed by atoms with Gasteiger partial charge < -0.3 is 15.2 Å². The number of nitrogens with one attached hydrogen (secondary N) is 2. The smallest absolute Gasteiger partial charge is 0.222 e. The van der Waals surface area contributed by atoms with Crippen molar-refractivity contribution in [3.05, 3.63) is 35.2 Å². The zero-order valence-corrected chi connectivity index (χ0v) is 19.0. The maximum atomic E-state index is 4.93. The van der Waals surface area contributed by atoms with Gasteiger partial charge in [-0.3, -0.25) is 0 Å². The molecule has 164 valence electrons. The van der Waals surface area contributed by atoms with Gasteiger partial charge in [-0.15, -0.1) is 0 Å². The minimum atomic E-state index is 0.536. The van der Waals surface area contributed by atoms with Crippen LogP contribution in [-0.2, 0) is 0 Å². The molecule has 6 nitrogen and oxygen atoms in total. The fourth-order valence-electron chi connectivity index (χ4n) is 4.71. The summed E-state index contributed by atoms with van der Waals surface area (Å²) in [6, 6.07) is 4.27. The second-order valence-electron chi connectivity index (χ2n) is 9.57. The molecule has 2 N–H and O–H groups in total. The number of piperidine rings is 1. The van der Waals surface area contributed by atoms with Crippen molar-refractivity contribution in [2.75, 3.05) is 32.0 Å². The number of fused-ring (bicyclic) bond motifs is 1. The molecule has 3 heterocycles. The van der Waals surface area contributed by atoms with Crippen LogP contribution in [0, 0.1) is 19.8 Å². The molecule has 0 amide bonds. The fourth-order valence-corrected chi connectivity index (χ4v) is 4.71. The summed E-state index contributed by atoms with van der Waals surface area (Å²) in [7, 11) is 2.23. The minimum Gasteiger partial charge on any atom is -0.354 e. The van der Waals surface area contributed by atoms with Crippen molar-refractivity contribution >= 4 is 17.0 Å². The standard InChI is InChI=1S/C25H34N6/c1-16-6-9-21-22(17(16)2)29-24(28-21)20-15-27-25(30-23(20)19-7-8-19)26-12-4-5-18-10-13-31(3)14-11-18/h6,9,15,18-19H,4-5,7-8,10-14H2,1-3H3,(H,28,29)(H,26,27,30). The minimum absolute atomic E-state index is 0.536. The molecule has 2 aliphatic rings. The average molecular weight is 419 g/mol. The highest BCUT2D eigenvalue weighted by atomic mass is 15.1. The van der Waals surface area contributed by atoms with Crippen LogP contribution >= 0.6 is 0 Å². The lowest BCUT2D eigenvalue weighted by Crippen LogP contribution is -2.30. The van der Waals surface area contributed by atoms with Gasteiger partial charge >= 0.3 is 0 Å². The van der Waals surface area contributed by atoms with E-state index in [1.165, 1.54) is 62.7 Å². The Kier molecular flexibility index (Phi) is 5.65. The molecule has 0 radical (unpaired) electrons. The first-order chi connectivity index (χ1) is 15.1. The van der Waals surface area contributed by atoms with Gasteiger partial charge in [0, 0.05) is 18.7 Å². The maximum absolute atomic E-state index is 4.93. The van der Waals surface area contributed by atoms with E-state index in [1.807, 2.05) is 6.20 Å². The number of aromatic amines is 1. The molecule has 1 aliphatic carbocycles. The van der Waals surface area contributed by atoms with Crippen molar-refractivity contribution < 1.29 is 0 Å². The molecule has 2 aromatic heterocycles. The highest BCUT2D eigenvalue weighted by Gasteiger charge is 2.30. The van der Waals surface area contributed by atoms with Gasteiger partial charge in [-0.2, -0.15) is 0 Å². The van der Waals surface area contributed by atoms with E-state index in [-0.39, 0.29) is 0 Å². The fraction of sp³-hybridized carbons (Fsp3) is 0.560. The zero-order valence-electron chi connectivity index (χ0n) is 19.0. The number of nitrogens with zero attached hydrogens (tertiary/aromatic N) is 4. The third-order valence-corrected chi connectivity index (χ3v) is 7.13. The van der Waals surface area contributed by atoms with Crippen LogP contribution in [0.25, 0.3) is 22.4 Å². The highest BCUT2D eigenvalue weighted by Crippen LogP contribution is 2.43. The number of benzene rings is 1. The molecule has 31 heavy (non-hydrogen) atoms. The summed E-state index contributed by atoms with van der Waals surface area (Å²) in [5.74, 6) is 3.06. The molecule has 1 aromatic carbocycles. The topological polar surface area (TPSA) is 69.7 Å². The van der Waals surface area contributed by atoms with E-state index in [1.54, 1.807) is 0 Å². The molecule has 1 saturated carbocycles. The van der Waals surface area contributed by atoms with Gasteiger partial charge in [-0.05, 0) is 95.6 Å². The number of H-pyrrole nitrogens is 1. The van der Waals surface area contributed by atoms with Gasteiger partial charge in [-0.25, -0.2) is 15.0 Å². The lowest BCUT2D eigenvalue weighted by molar-refractivity contribution is 0.211. The summed E-state index contributed by atoms with van der Waals surface area (Å²) < 4.78 is 0. The Morgan fingerprint density at radius 1 is 1.10 bits per heavy atom. The van der Waals surface area contributed by atoms with Gasteiger partial charge in [0.2, 0.25) is 5.95 Å². The lowest BCUT2D eigenvalue weighted by atomic mass is 9.92.